The zero-order valence-electron chi connectivity index (χ0n) is 8.41. The summed E-state index contributed by atoms with van der Waals surface area (Å²) in [6, 6.07) is 0. The van der Waals surface area contributed by atoms with Gasteiger partial charge in [-0.25, -0.2) is 4.98 Å². The van der Waals surface area contributed by atoms with Crippen molar-refractivity contribution in [3.63, 3.8) is 0 Å². The van der Waals surface area contributed by atoms with Crippen LogP contribution in [0.5, 0.6) is 0 Å². The van der Waals surface area contributed by atoms with Crippen LogP contribution in [0, 0.1) is 0 Å². The maximum atomic E-state index is 11.2. The highest BCUT2D eigenvalue weighted by Crippen LogP contribution is 2.08. The number of H-pyrrole nitrogens is 1. The van der Waals surface area contributed by atoms with Crippen LogP contribution in [0.25, 0.3) is 0 Å². The van der Waals surface area contributed by atoms with Gasteiger partial charge in [-0.15, -0.1) is 0 Å². The zero-order valence-corrected chi connectivity index (χ0v) is 9.23. The minimum Gasteiger partial charge on any atom is -0.365 e. The molecule has 1 unspecified atom stereocenters. The minimum atomic E-state index is -0.163. The van der Waals surface area contributed by atoms with Crippen molar-refractivity contribution in [3.05, 3.63) is 22.7 Å². The Kier molecular flexibility index (Phi) is 4.52. The predicted octanol–water partition coefficient (Wildman–Crippen LogP) is 1.32. The third-order valence-electron chi connectivity index (χ3n) is 1.95. The van der Waals surface area contributed by atoms with E-state index in [-0.39, 0.29) is 5.56 Å². The lowest BCUT2D eigenvalue weighted by atomic mass is 10.3. The van der Waals surface area contributed by atoms with E-state index in [0.29, 0.717) is 11.1 Å². The highest BCUT2D eigenvalue weighted by atomic mass is 32.2. The molecule has 1 heterocycles. The van der Waals surface area contributed by atoms with Crippen molar-refractivity contribution in [1.29, 1.82) is 0 Å². The fourth-order valence-corrected chi connectivity index (χ4v) is 1.34. The number of hydrogen-bond donors (Lipinski definition) is 2. The van der Waals surface area contributed by atoms with Gasteiger partial charge in [0.25, 0.3) is 5.56 Å². The number of anilines is 1. The van der Waals surface area contributed by atoms with E-state index < -0.39 is 0 Å². The number of aromatic amines is 1. The van der Waals surface area contributed by atoms with E-state index in [0.717, 1.165) is 13.0 Å². The largest absolute Gasteiger partial charge is 0.365 e. The minimum absolute atomic E-state index is 0.163. The summed E-state index contributed by atoms with van der Waals surface area (Å²) < 4.78 is 0. The summed E-state index contributed by atoms with van der Waals surface area (Å²) in [7, 11) is 0. The molecule has 0 aliphatic heterocycles. The van der Waals surface area contributed by atoms with Crippen LogP contribution in [0.3, 0.4) is 0 Å². The van der Waals surface area contributed by atoms with Crippen molar-refractivity contribution in [3.8, 4) is 0 Å². The topological polar surface area (TPSA) is 57.8 Å². The van der Waals surface area contributed by atoms with Gasteiger partial charge in [0.15, 0.2) is 5.82 Å². The Labute approximate surface area is 87.5 Å². The lowest BCUT2D eigenvalue weighted by molar-refractivity contribution is 0.847. The first-order valence-corrected chi connectivity index (χ1v) is 5.83. The molecule has 1 aromatic heterocycles. The van der Waals surface area contributed by atoms with Gasteiger partial charge in [0.1, 0.15) is 0 Å². The maximum absolute atomic E-state index is 11.2. The number of aromatic nitrogens is 2. The lowest BCUT2D eigenvalue weighted by Crippen LogP contribution is -2.17. The molecule has 0 spiro atoms. The van der Waals surface area contributed by atoms with E-state index in [1.807, 2.05) is 11.8 Å². The second kappa shape index (κ2) is 5.70. The molecule has 0 aromatic carbocycles. The summed E-state index contributed by atoms with van der Waals surface area (Å²) in [5.74, 6) is 0.404. The van der Waals surface area contributed by atoms with Crippen LogP contribution in [-0.4, -0.2) is 28.0 Å². The fourth-order valence-electron chi connectivity index (χ4n) is 0.989. The van der Waals surface area contributed by atoms with E-state index >= 15 is 0 Å². The Morgan fingerprint density at radius 2 is 2.50 bits per heavy atom. The molecule has 5 heteroatoms. The first-order chi connectivity index (χ1) is 6.74. The monoisotopic (exact) mass is 213 g/mol. The summed E-state index contributed by atoms with van der Waals surface area (Å²) in [6.07, 6.45) is 6.20. The highest BCUT2D eigenvalue weighted by molar-refractivity contribution is 7.99. The van der Waals surface area contributed by atoms with E-state index in [9.17, 15) is 4.79 Å². The van der Waals surface area contributed by atoms with Gasteiger partial charge in [0, 0.05) is 24.2 Å². The first kappa shape index (κ1) is 11.1. The molecule has 0 saturated carbocycles. The zero-order chi connectivity index (χ0) is 10.4. The average molecular weight is 213 g/mol. The van der Waals surface area contributed by atoms with E-state index in [1.165, 1.54) is 6.20 Å². The van der Waals surface area contributed by atoms with Crippen molar-refractivity contribution in [2.24, 2.45) is 0 Å². The fraction of sp³-hybridized carbons (Fsp3) is 0.556. The van der Waals surface area contributed by atoms with Gasteiger partial charge >= 0.3 is 0 Å². The van der Waals surface area contributed by atoms with Crippen LogP contribution in [-0.2, 0) is 0 Å². The molecular weight excluding hydrogens is 198 g/mol. The average Bonchev–Trinajstić information content (AvgIpc) is 2.20. The molecule has 0 amide bonds. The number of rotatable bonds is 5. The number of hydrogen-bond acceptors (Lipinski definition) is 4. The Morgan fingerprint density at radius 1 is 1.71 bits per heavy atom. The van der Waals surface area contributed by atoms with Gasteiger partial charge < -0.3 is 10.3 Å². The van der Waals surface area contributed by atoms with Crippen molar-refractivity contribution in [2.45, 2.75) is 18.6 Å². The molecule has 0 aliphatic carbocycles. The van der Waals surface area contributed by atoms with Crippen LogP contribution in [0.4, 0.5) is 5.82 Å². The van der Waals surface area contributed by atoms with Crippen molar-refractivity contribution >= 4 is 17.6 Å². The van der Waals surface area contributed by atoms with Gasteiger partial charge in [-0.1, -0.05) is 6.92 Å². The van der Waals surface area contributed by atoms with E-state index in [2.05, 4.69) is 28.5 Å². The summed E-state index contributed by atoms with van der Waals surface area (Å²) in [4.78, 5) is 17.7. The first-order valence-electron chi connectivity index (χ1n) is 4.54. The SMILES string of the molecule is CSC(C)CCNc1ncc[nH]c1=O. The van der Waals surface area contributed by atoms with Crippen LogP contribution in [0.2, 0.25) is 0 Å². The summed E-state index contributed by atoms with van der Waals surface area (Å²) in [6.45, 7) is 2.94. The van der Waals surface area contributed by atoms with Crippen LogP contribution < -0.4 is 10.9 Å². The predicted molar refractivity (Wildman–Crippen MR) is 60.9 cm³/mol. The van der Waals surface area contributed by atoms with Gasteiger partial charge in [-0.2, -0.15) is 11.8 Å². The number of nitrogens with zero attached hydrogens (tertiary/aromatic N) is 1. The third-order valence-corrected chi connectivity index (χ3v) is 2.99. The quantitative estimate of drug-likeness (QED) is 0.774. The highest BCUT2D eigenvalue weighted by Gasteiger charge is 2.01. The molecule has 1 aromatic rings. The molecule has 0 fully saturated rings. The Hall–Kier alpha value is -0.970. The molecule has 0 radical (unpaired) electrons. The molecule has 1 atom stereocenters. The summed E-state index contributed by atoms with van der Waals surface area (Å²) >= 11 is 1.82. The smallest absolute Gasteiger partial charge is 0.290 e. The van der Waals surface area contributed by atoms with E-state index in [1.54, 1.807) is 6.20 Å². The van der Waals surface area contributed by atoms with Crippen molar-refractivity contribution in [2.75, 3.05) is 18.1 Å². The van der Waals surface area contributed by atoms with Crippen LogP contribution >= 0.6 is 11.8 Å². The molecule has 1 rings (SSSR count). The van der Waals surface area contributed by atoms with Gasteiger partial charge in [0.05, 0.1) is 0 Å². The standard InChI is InChI=1S/C9H15N3OS/c1-7(14-2)3-4-10-8-9(13)12-6-5-11-8/h5-7H,3-4H2,1-2H3,(H,10,11)(H,12,13). The van der Waals surface area contributed by atoms with Gasteiger partial charge in [-0.05, 0) is 12.7 Å². The molecular formula is C9H15N3OS. The number of nitrogens with one attached hydrogen (secondary N) is 2. The summed E-state index contributed by atoms with van der Waals surface area (Å²) in [5, 5.41) is 3.61. The Balaban J connectivity index is 2.39. The number of thioether (sulfide) groups is 1. The molecule has 0 aliphatic rings. The van der Waals surface area contributed by atoms with Crippen LogP contribution in [0.1, 0.15) is 13.3 Å². The van der Waals surface area contributed by atoms with E-state index in [4.69, 9.17) is 0 Å². The molecule has 0 saturated heterocycles. The van der Waals surface area contributed by atoms with Gasteiger partial charge in [-0.3, -0.25) is 4.79 Å². The van der Waals surface area contributed by atoms with Crippen molar-refractivity contribution in [1.82, 2.24) is 9.97 Å². The van der Waals surface area contributed by atoms with Gasteiger partial charge in [0.2, 0.25) is 0 Å². The third kappa shape index (κ3) is 3.41. The second-order valence-corrected chi connectivity index (χ2v) is 4.30. The Morgan fingerprint density at radius 3 is 3.14 bits per heavy atom. The molecule has 4 nitrogen and oxygen atoms in total. The Bertz CT molecular complexity index is 326. The summed E-state index contributed by atoms with van der Waals surface area (Å²) in [5.41, 5.74) is -0.163. The molecule has 2 N–H and O–H groups in total. The maximum Gasteiger partial charge on any atom is 0.290 e. The molecule has 14 heavy (non-hydrogen) atoms. The van der Waals surface area contributed by atoms with Crippen LogP contribution in [0.15, 0.2) is 17.2 Å². The molecule has 78 valence electrons. The normalized spacial score (nSPS) is 12.4. The van der Waals surface area contributed by atoms with Crippen molar-refractivity contribution < 1.29 is 0 Å². The molecule has 0 bridgehead atoms. The second-order valence-electron chi connectivity index (χ2n) is 3.03. The lowest BCUT2D eigenvalue weighted by Gasteiger charge is -2.08.